The van der Waals surface area contributed by atoms with Gasteiger partial charge in [0.05, 0.1) is 6.34 Å². The molecule has 3 N–H and O–H groups in total. The van der Waals surface area contributed by atoms with Gasteiger partial charge in [0.2, 0.25) is 0 Å². The third-order valence-electron chi connectivity index (χ3n) is 1.88. The predicted molar refractivity (Wildman–Crippen MR) is 60.6 cm³/mol. The molecule has 0 aromatic carbocycles. The molecule has 4 nitrogen and oxygen atoms in total. The van der Waals surface area contributed by atoms with Gasteiger partial charge in [-0.25, -0.2) is 0 Å². The molecule has 1 unspecified atom stereocenters. The molecule has 0 radical (unpaired) electrons. The van der Waals surface area contributed by atoms with E-state index in [1.165, 1.54) is 0 Å². The number of piperidine rings is 1. The van der Waals surface area contributed by atoms with Crippen LogP contribution in [0.15, 0.2) is 0 Å². The summed E-state index contributed by atoms with van der Waals surface area (Å²) in [6.07, 6.45) is 1.50. The first kappa shape index (κ1) is 15.6. The van der Waals surface area contributed by atoms with E-state index < -0.39 is 0 Å². The Morgan fingerprint density at radius 1 is 1.57 bits per heavy atom. The molecule has 0 aromatic rings. The van der Waals surface area contributed by atoms with E-state index in [4.69, 9.17) is 5.41 Å². The lowest BCUT2D eigenvalue weighted by molar-refractivity contribution is -0.125. The third-order valence-corrected chi connectivity index (χ3v) is 1.88. The second kappa shape index (κ2) is 10.2. The fraction of sp³-hybridized carbons (Fsp3) is 0.800. The first-order valence-corrected chi connectivity index (χ1v) is 5.03. The summed E-state index contributed by atoms with van der Waals surface area (Å²) < 4.78 is 0. The fourth-order valence-corrected chi connectivity index (χ4v) is 1.21. The lowest BCUT2D eigenvalue weighted by atomic mass is 9.99. The molecule has 0 bridgehead atoms. The molecule has 1 fully saturated rings. The number of carbonyl (C=O) groups excluding carboxylic acids is 1. The van der Waals surface area contributed by atoms with Gasteiger partial charge < -0.3 is 10.6 Å². The van der Waals surface area contributed by atoms with Gasteiger partial charge in [-0.15, -0.1) is 0 Å². The van der Waals surface area contributed by atoms with Crippen LogP contribution in [-0.2, 0) is 4.79 Å². The molecule has 1 heterocycles. The van der Waals surface area contributed by atoms with Gasteiger partial charge in [0, 0.05) is 25.4 Å². The van der Waals surface area contributed by atoms with Crippen LogP contribution in [0.1, 0.15) is 27.2 Å². The minimum Gasteiger partial charge on any atom is -0.390 e. The van der Waals surface area contributed by atoms with Crippen LogP contribution >= 0.6 is 0 Å². The molecule has 0 spiro atoms. The van der Waals surface area contributed by atoms with Crippen LogP contribution in [0.3, 0.4) is 0 Å². The highest BCUT2D eigenvalue weighted by Crippen LogP contribution is 2.09. The molecule has 0 amide bonds. The van der Waals surface area contributed by atoms with Gasteiger partial charge >= 0.3 is 0 Å². The molecule has 1 rings (SSSR count). The molecular weight excluding hydrogens is 178 g/mol. The van der Waals surface area contributed by atoms with E-state index >= 15 is 0 Å². The Morgan fingerprint density at radius 2 is 2.00 bits per heavy atom. The van der Waals surface area contributed by atoms with Crippen molar-refractivity contribution in [1.82, 2.24) is 4.90 Å². The van der Waals surface area contributed by atoms with Crippen molar-refractivity contribution in [2.45, 2.75) is 27.2 Å². The molecule has 14 heavy (non-hydrogen) atoms. The smallest absolute Gasteiger partial charge is 0.138 e. The zero-order chi connectivity index (χ0) is 11.6. The summed E-state index contributed by atoms with van der Waals surface area (Å²) in [5.41, 5.74) is 4.39. The average Bonchev–Trinajstić information content (AvgIpc) is 2.17. The Bertz CT molecular complexity index is 159. The van der Waals surface area contributed by atoms with Gasteiger partial charge in [-0.2, -0.15) is 0 Å². The lowest BCUT2D eigenvalue weighted by Crippen LogP contribution is -2.36. The second-order valence-corrected chi connectivity index (χ2v) is 3.05. The summed E-state index contributed by atoms with van der Waals surface area (Å²) in [7, 11) is 2.06. The number of nitrogens with zero attached hydrogens (tertiary/aromatic N) is 1. The number of likely N-dealkylation sites (tertiary alicyclic amines) is 1. The first-order chi connectivity index (χ1) is 6.61. The molecule has 1 aliphatic heterocycles. The standard InChI is InChI=1S/C7H13NO.C2H6.CH4N2/c1-6-5-8(2)4-3-7(6)9;1-2;2-1-3/h6H,3-5H2,1-2H3;1-2H3;1H,(H3,2,3). The van der Waals surface area contributed by atoms with Gasteiger partial charge in [-0.3, -0.25) is 10.2 Å². The van der Waals surface area contributed by atoms with Crippen LogP contribution in [0.4, 0.5) is 0 Å². The number of nitrogens with one attached hydrogen (secondary N) is 1. The Hall–Kier alpha value is -0.900. The van der Waals surface area contributed by atoms with Gasteiger partial charge in [-0.1, -0.05) is 20.8 Å². The quantitative estimate of drug-likeness (QED) is 0.455. The van der Waals surface area contributed by atoms with Crippen molar-refractivity contribution < 1.29 is 4.79 Å². The number of ketones is 1. The molecular formula is C10H23N3O. The Kier molecular flexibility index (Phi) is 11.3. The largest absolute Gasteiger partial charge is 0.390 e. The maximum absolute atomic E-state index is 10.9. The van der Waals surface area contributed by atoms with Crippen LogP contribution in [-0.4, -0.2) is 37.2 Å². The molecule has 1 saturated heterocycles. The number of rotatable bonds is 0. The van der Waals surface area contributed by atoms with Crippen molar-refractivity contribution in [2.24, 2.45) is 11.7 Å². The summed E-state index contributed by atoms with van der Waals surface area (Å²) in [5.74, 6) is 0.692. The van der Waals surface area contributed by atoms with Gasteiger partial charge in [0.1, 0.15) is 5.78 Å². The van der Waals surface area contributed by atoms with Gasteiger partial charge in [-0.05, 0) is 7.05 Å². The highest BCUT2D eigenvalue weighted by Gasteiger charge is 2.20. The molecule has 1 atom stereocenters. The molecule has 1 aliphatic rings. The minimum atomic E-state index is 0.267. The lowest BCUT2D eigenvalue weighted by Gasteiger charge is -2.25. The summed E-state index contributed by atoms with van der Waals surface area (Å²) in [5, 5.41) is 5.86. The van der Waals surface area contributed by atoms with Crippen molar-refractivity contribution in [3.8, 4) is 0 Å². The van der Waals surface area contributed by atoms with Gasteiger partial charge in [0.25, 0.3) is 0 Å². The molecule has 84 valence electrons. The average molecular weight is 201 g/mol. The number of hydrogen-bond acceptors (Lipinski definition) is 3. The van der Waals surface area contributed by atoms with Crippen molar-refractivity contribution in [2.75, 3.05) is 20.1 Å². The summed E-state index contributed by atoms with van der Waals surface area (Å²) in [4.78, 5) is 13.1. The Labute approximate surface area is 87.0 Å². The molecule has 4 heteroatoms. The van der Waals surface area contributed by atoms with Crippen LogP contribution in [0, 0.1) is 11.3 Å². The number of nitrogens with two attached hydrogens (primary N) is 1. The van der Waals surface area contributed by atoms with E-state index in [1.54, 1.807) is 0 Å². The van der Waals surface area contributed by atoms with Crippen LogP contribution in [0.25, 0.3) is 0 Å². The summed E-state index contributed by atoms with van der Waals surface area (Å²) >= 11 is 0. The van der Waals surface area contributed by atoms with E-state index in [-0.39, 0.29) is 5.92 Å². The van der Waals surface area contributed by atoms with E-state index in [1.807, 2.05) is 20.8 Å². The predicted octanol–water partition coefficient (Wildman–Crippen LogP) is 1.11. The summed E-state index contributed by atoms with van der Waals surface area (Å²) in [6, 6.07) is 0. The number of Topliss-reactive ketones (excluding diaryl/α,β-unsaturated/α-hetero) is 1. The molecule has 0 saturated carbocycles. The van der Waals surface area contributed by atoms with E-state index in [0.717, 1.165) is 25.8 Å². The fourth-order valence-electron chi connectivity index (χ4n) is 1.21. The highest BCUT2D eigenvalue weighted by atomic mass is 16.1. The third kappa shape index (κ3) is 7.73. The van der Waals surface area contributed by atoms with Crippen molar-refractivity contribution >= 4 is 12.1 Å². The summed E-state index contributed by atoms with van der Waals surface area (Å²) in [6.45, 7) is 7.89. The van der Waals surface area contributed by atoms with E-state index in [0.29, 0.717) is 5.78 Å². The van der Waals surface area contributed by atoms with Crippen molar-refractivity contribution in [1.29, 1.82) is 5.41 Å². The minimum absolute atomic E-state index is 0.267. The Morgan fingerprint density at radius 3 is 2.29 bits per heavy atom. The topological polar surface area (TPSA) is 70.2 Å². The zero-order valence-corrected chi connectivity index (χ0v) is 9.71. The SMILES string of the molecule is CC.CC1CN(C)CCC1=O.N=CN. The monoisotopic (exact) mass is 201 g/mol. The number of hydrogen-bond donors (Lipinski definition) is 2. The number of carbonyl (C=O) groups is 1. The van der Waals surface area contributed by atoms with Crippen molar-refractivity contribution in [3.63, 3.8) is 0 Å². The van der Waals surface area contributed by atoms with Gasteiger partial charge in [0.15, 0.2) is 0 Å². The highest BCUT2D eigenvalue weighted by molar-refractivity contribution is 5.81. The molecule has 0 aliphatic carbocycles. The second-order valence-electron chi connectivity index (χ2n) is 3.05. The maximum Gasteiger partial charge on any atom is 0.138 e. The van der Waals surface area contributed by atoms with E-state index in [9.17, 15) is 4.79 Å². The molecule has 0 aromatic heterocycles. The maximum atomic E-state index is 10.9. The Balaban J connectivity index is 0. The van der Waals surface area contributed by atoms with Crippen molar-refractivity contribution in [3.05, 3.63) is 0 Å². The normalized spacial score (nSPS) is 21.1. The van der Waals surface area contributed by atoms with Crippen LogP contribution < -0.4 is 5.73 Å². The van der Waals surface area contributed by atoms with Crippen LogP contribution in [0.5, 0.6) is 0 Å². The first-order valence-electron chi connectivity index (χ1n) is 5.03. The van der Waals surface area contributed by atoms with E-state index in [2.05, 4.69) is 17.7 Å². The zero-order valence-electron chi connectivity index (χ0n) is 9.71. The van der Waals surface area contributed by atoms with Crippen LogP contribution in [0.2, 0.25) is 0 Å².